The van der Waals surface area contributed by atoms with E-state index in [-0.39, 0.29) is 17.1 Å². The first kappa shape index (κ1) is 20.8. The third-order valence-corrected chi connectivity index (χ3v) is 5.80. The minimum absolute atomic E-state index is 0.101. The van der Waals surface area contributed by atoms with Crippen molar-refractivity contribution in [1.82, 2.24) is 14.5 Å². The standard InChI is InChI=1S/C24H21N3O3S/c1-15-8-10-21(30-3)18(12-15)20(28)14-31-24-26-19-7-5-4-6-17(19)23(29)27(24)22-11-9-16(2)13-25-22/h4-13H,14H2,1-3H3. The number of carbonyl (C=O) groups excluding carboxylic acids is 1. The maximum absolute atomic E-state index is 13.3. The molecule has 0 spiro atoms. The topological polar surface area (TPSA) is 74.1 Å². The number of hydrogen-bond donors (Lipinski definition) is 0. The van der Waals surface area contributed by atoms with Gasteiger partial charge in [-0.1, -0.05) is 41.6 Å². The maximum atomic E-state index is 13.3. The molecule has 7 heteroatoms. The van der Waals surface area contributed by atoms with E-state index in [1.54, 1.807) is 43.6 Å². The number of aromatic nitrogens is 3. The number of methoxy groups -OCH3 is 1. The minimum atomic E-state index is -0.218. The minimum Gasteiger partial charge on any atom is -0.496 e. The van der Waals surface area contributed by atoms with Crippen molar-refractivity contribution >= 4 is 28.4 Å². The number of benzene rings is 2. The molecule has 0 N–H and O–H groups in total. The number of aryl methyl sites for hydroxylation is 2. The van der Waals surface area contributed by atoms with E-state index in [2.05, 4.69) is 9.97 Å². The maximum Gasteiger partial charge on any atom is 0.267 e. The van der Waals surface area contributed by atoms with Crippen LogP contribution in [0.25, 0.3) is 16.7 Å². The van der Waals surface area contributed by atoms with Gasteiger partial charge in [-0.3, -0.25) is 9.59 Å². The SMILES string of the molecule is COc1ccc(C)cc1C(=O)CSc1nc2ccccc2c(=O)n1-c1ccc(C)cn1. The molecule has 2 heterocycles. The van der Waals surface area contributed by atoms with E-state index >= 15 is 0 Å². The highest BCUT2D eigenvalue weighted by molar-refractivity contribution is 7.99. The molecule has 0 atom stereocenters. The van der Waals surface area contributed by atoms with E-state index in [1.165, 1.54) is 16.3 Å². The van der Waals surface area contributed by atoms with Crippen LogP contribution in [0.3, 0.4) is 0 Å². The van der Waals surface area contributed by atoms with Crippen molar-refractivity contribution in [2.24, 2.45) is 0 Å². The highest BCUT2D eigenvalue weighted by Crippen LogP contribution is 2.25. The lowest BCUT2D eigenvalue weighted by molar-refractivity contribution is 0.101. The van der Waals surface area contributed by atoms with Crippen LogP contribution in [0, 0.1) is 13.8 Å². The van der Waals surface area contributed by atoms with Crippen LogP contribution < -0.4 is 10.3 Å². The molecular formula is C24H21N3O3S. The van der Waals surface area contributed by atoms with Gasteiger partial charge in [-0.25, -0.2) is 14.5 Å². The van der Waals surface area contributed by atoms with Gasteiger partial charge in [0.1, 0.15) is 11.6 Å². The van der Waals surface area contributed by atoms with Crippen molar-refractivity contribution in [3.63, 3.8) is 0 Å². The van der Waals surface area contributed by atoms with Gasteiger partial charge in [0, 0.05) is 6.20 Å². The van der Waals surface area contributed by atoms with Crippen LogP contribution in [-0.4, -0.2) is 33.2 Å². The quantitative estimate of drug-likeness (QED) is 0.256. The van der Waals surface area contributed by atoms with Gasteiger partial charge < -0.3 is 4.74 Å². The molecule has 0 bridgehead atoms. The van der Waals surface area contributed by atoms with Crippen LogP contribution >= 0.6 is 11.8 Å². The zero-order valence-electron chi connectivity index (χ0n) is 17.5. The molecule has 0 saturated carbocycles. The van der Waals surface area contributed by atoms with E-state index in [9.17, 15) is 9.59 Å². The number of carbonyl (C=O) groups is 1. The molecule has 4 aromatic rings. The molecule has 2 aromatic carbocycles. The number of thioether (sulfide) groups is 1. The van der Waals surface area contributed by atoms with Crippen LogP contribution in [0.4, 0.5) is 0 Å². The Morgan fingerprint density at radius 3 is 2.58 bits per heavy atom. The van der Waals surface area contributed by atoms with Crippen molar-refractivity contribution in [1.29, 1.82) is 0 Å². The van der Waals surface area contributed by atoms with Crippen molar-refractivity contribution in [2.75, 3.05) is 12.9 Å². The molecule has 0 aliphatic rings. The summed E-state index contributed by atoms with van der Waals surface area (Å²) in [6, 6.07) is 16.3. The van der Waals surface area contributed by atoms with Gasteiger partial charge in [-0.05, 0) is 49.7 Å². The predicted molar refractivity (Wildman–Crippen MR) is 123 cm³/mol. The molecule has 31 heavy (non-hydrogen) atoms. The van der Waals surface area contributed by atoms with Gasteiger partial charge in [-0.15, -0.1) is 0 Å². The predicted octanol–water partition coefficient (Wildman–Crippen LogP) is 4.38. The Morgan fingerprint density at radius 2 is 1.84 bits per heavy atom. The molecule has 0 unspecified atom stereocenters. The average molecular weight is 432 g/mol. The number of Topliss-reactive ketones (excluding diaryl/α,β-unsaturated/α-hetero) is 1. The second-order valence-corrected chi connectivity index (χ2v) is 8.10. The van der Waals surface area contributed by atoms with E-state index in [4.69, 9.17) is 4.74 Å². The van der Waals surface area contributed by atoms with Gasteiger partial charge in [0.05, 0.1) is 29.3 Å². The van der Waals surface area contributed by atoms with Crippen molar-refractivity contribution in [3.05, 3.63) is 87.8 Å². The van der Waals surface area contributed by atoms with Gasteiger partial charge in [-0.2, -0.15) is 0 Å². The molecule has 0 amide bonds. The molecular weight excluding hydrogens is 410 g/mol. The molecule has 6 nitrogen and oxygen atoms in total. The number of nitrogens with zero attached hydrogens (tertiary/aromatic N) is 3. The second kappa shape index (κ2) is 8.73. The smallest absolute Gasteiger partial charge is 0.267 e. The number of ether oxygens (including phenoxy) is 1. The number of fused-ring (bicyclic) bond motifs is 1. The van der Waals surface area contributed by atoms with Gasteiger partial charge in [0.2, 0.25) is 0 Å². The van der Waals surface area contributed by atoms with Crippen molar-refractivity contribution in [3.8, 4) is 11.6 Å². The highest BCUT2D eigenvalue weighted by atomic mass is 32.2. The van der Waals surface area contributed by atoms with Gasteiger partial charge in [0.15, 0.2) is 10.9 Å². The summed E-state index contributed by atoms with van der Waals surface area (Å²) in [6.07, 6.45) is 1.70. The average Bonchev–Trinajstić information content (AvgIpc) is 2.78. The Kier molecular flexibility index (Phi) is 5.86. The first-order valence-corrected chi connectivity index (χ1v) is 10.7. The number of pyridine rings is 1. The van der Waals surface area contributed by atoms with E-state index in [1.807, 2.05) is 38.1 Å². The van der Waals surface area contributed by atoms with Crippen LogP contribution in [0.5, 0.6) is 5.75 Å². The number of rotatable bonds is 6. The highest BCUT2D eigenvalue weighted by Gasteiger charge is 2.18. The summed E-state index contributed by atoms with van der Waals surface area (Å²) in [6.45, 7) is 3.86. The molecule has 156 valence electrons. The molecule has 2 aromatic heterocycles. The second-order valence-electron chi connectivity index (χ2n) is 7.16. The number of para-hydroxylation sites is 1. The zero-order chi connectivity index (χ0) is 22.0. The number of hydrogen-bond acceptors (Lipinski definition) is 6. The third kappa shape index (κ3) is 4.22. The Hall–Kier alpha value is -3.45. The fourth-order valence-electron chi connectivity index (χ4n) is 3.25. The third-order valence-electron chi connectivity index (χ3n) is 4.86. The zero-order valence-corrected chi connectivity index (χ0v) is 18.3. The summed E-state index contributed by atoms with van der Waals surface area (Å²) < 4.78 is 6.81. The largest absolute Gasteiger partial charge is 0.496 e. The molecule has 0 radical (unpaired) electrons. The summed E-state index contributed by atoms with van der Waals surface area (Å²) in [4.78, 5) is 35.3. The lowest BCUT2D eigenvalue weighted by Gasteiger charge is -2.13. The Morgan fingerprint density at radius 1 is 1.06 bits per heavy atom. The summed E-state index contributed by atoms with van der Waals surface area (Å²) in [5, 5.41) is 0.918. The van der Waals surface area contributed by atoms with Gasteiger partial charge >= 0.3 is 0 Å². The Balaban J connectivity index is 1.76. The molecule has 0 aliphatic carbocycles. The van der Waals surface area contributed by atoms with Gasteiger partial charge in [0.25, 0.3) is 5.56 Å². The fraction of sp³-hybridized carbons (Fsp3) is 0.167. The van der Waals surface area contributed by atoms with E-state index in [0.717, 1.165) is 11.1 Å². The van der Waals surface area contributed by atoms with E-state index in [0.29, 0.717) is 33.2 Å². The van der Waals surface area contributed by atoms with Crippen molar-refractivity contribution in [2.45, 2.75) is 19.0 Å². The first-order valence-electron chi connectivity index (χ1n) is 9.73. The summed E-state index contributed by atoms with van der Waals surface area (Å²) in [7, 11) is 1.54. The Labute approximate surface area is 183 Å². The lowest BCUT2D eigenvalue weighted by Crippen LogP contribution is -2.23. The van der Waals surface area contributed by atoms with Crippen LogP contribution in [-0.2, 0) is 0 Å². The molecule has 0 fully saturated rings. The normalized spacial score (nSPS) is 10.9. The molecule has 0 aliphatic heterocycles. The first-order chi connectivity index (χ1) is 15.0. The number of ketones is 1. The summed E-state index contributed by atoms with van der Waals surface area (Å²) in [5.41, 5.74) is 2.84. The monoisotopic (exact) mass is 431 g/mol. The Bertz CT molecular complexity index is 1330. The molecule has 4 rings (SSSR count). The van der Waals surface area contributed by atoms with Crippen LogP contribution in [0.1, 0.15) is 21.5 Å². The molecule has 0 saturated heterocycles. The van der Waals surface area contributed by atoms with Crippen LogP contribution in [0.2, 0.25) is 0 Å². The van der Waals surface area contributed by atoms with Crippen LogP contribution in [0.15, 0.2) is 70.7 Å². The van der Waals surface area contributed by atoms with E-state index < -0.39 is 0 Å². The fourth-order valence-corrected chi connectivity index (χ4v) is 4.14. The summed E-state index contributed by atoms with van der Waals surface area (Å²) >= 11 is 1.21. The lowest BCUT2D eigenvalue weighted by atomic mass is 10.1. The summed E-state index contributed by atoms with van der Waals surface area (Å²) in [5.74, 6) is 1.00. The van der Waals surface area contributed by atoms with Crippen molar-refractivity contribution < 1.29 is 9.53 Å².